The highest BCUT2D eigenvalue weighted by atomic mass is 32.2. The Kier molecular flexibility index (Phi) is 8.80. The third-order valence-corrected chi connectivity index (χ3v) is 9.50. The molecule has 46 heavy (non-hydrogen) atoms. The number of fused-ring (bicyclic) bond motifs is 2. The average molecular weight is 642 g/mol. The summed E-state index contributed by atoms with van der Waals surface area (Å²) >= 11 is 1.21. The van der Waals surface area contributed by atoms with Gasteiger partial charge in [-0.2, -0.15) is 0 Å². The number of carbonyl (C=O) groups excluding carboxylic acids is 2. The molecule has 1 N–H and O–H groups in total. The highest BCUT2D eigenvalue weighted by Gasteiger charge is 2.24. The summed E-state index contributed by atoms with van der Waals surface area (Å²) in [4.78, 5) is 48.8. The van der Waals surface area contributed by atoms with Crippen LogP contribution in [0.4, 0.5) is 5.69 Å². The number of hydrogen-bond donors (Lipinski definition) is 1. The number of ether oxygens (including phenoxy) is 3. The van der Waals surface area contributed by atoms with Gasteiger partial charge in [-0.15, -0.1) is 0 Å². The Balaban J connectivity index is 1.06. The van der Waals surface area contributed by atoms with Crippen LogP contribution in [-0.2, 0) is 16.1 Å². The minimum Gasteiger partial charge on any atom is -0.454 e. The van der Waals surface area contributed by atoms with Crippen LogP contribution < -0.4 is 25.2 Å². The molecular weight excluding hydrogens is 606 g/mol. The van der Waals surface area contributed by atoms with Crippen molar-refractivity contribution in [3.63, 3.8) is 0 Å². The van der Waals surface area contributed by atoms with E-state index in [1.807, 2.05) is 47.4 Å². The molecule has 12 heteroatoms. The van der Waals surface area contributed by atoms with Gasteiger partial charge in [0, 0.05) is 56.6 Å². The normalized spacial score (nSPS) is 17.4. The van der Waals surface area contributed by atoms with Gasteiger partial charge in [0.25, 0.3) is 11.5 Å². The van der Waals surface area contributed by atoms with Crippen molar-refractivity contribution >= 4 is 40.2 Å². The van der Waals surface area contributed by atoms with Crippen molar-refractivity contribution in [1.29, 1.82) is 0 Å². The minimum absolute atomic E-state index is 0.00913. The van der Waals surface area contributed by atoms with E-state index in [4.69, 9.17) is 19.2 Å². The summed E-state index contributed by atoms with van der Waals surface area (Å²) in [6.45, 7) is 4.34. The first-order valence-corrected chi connectivity index (χ1v) is 16.5. The van der Waals surface area contributed by atoms with E-state index >= 15 is 0 Å². The van der Waals surface area contributed by atoms with Gasteiger partial charge in [-0.1, -0.05) is 42.1 Å². The monoisotopic (exact) mass is 641 g/mol. The Labute approximate surface area is 270 Å². The van der Waals surface area contributed by atoms with Crippen molar-refractivity contribution in [2.75, 3.05) is 56.8 Å². The van der Waals surface area contributed by atoms with Gasteiger partial charge in [0.05, 0.1) is 29.3 Å². The summed E-state index contributed by atoms with van der Waals surface area (Å²) in [6.07, 6.45) is 1.98. The lowest BCUT2D eigenvalue weighted by Crippen LogP contribution is -2.48. The van der Waals surface area contributed by atoms with Crippen molar-refractivity contribution in [1.82, 2.24) is 19.8 Å². The standard InChI is InChI=1S/C34H35N5O6S/c40-31(35-19-26-7-4-16-43-26)21-46-34-36-28-18-30-29(44-22-45-30)17-27(28)33(42)39(34)20-23-8-10-24(11-9-23)32(41)38-14-12-37(13-15-38)25-5-2-1-3-6-25/h1-3,5-6,8-11,17-18,26H,4,7,12-16,19-22H2,(H,35,40)/t26-/m0/s1. The number of rotatable bonds is 9. The van der Waals surface area contributed by atoms with Crippen LogP contribution in [-0.4, -0.2) is 84.2 Å². The number of hydrogen-bond acceptors (Lipinski definition) is 9. The molecule has 1 atom stereocenters. The van der Waals surface area contributed by atoms with E-state index in [2.05, 4.69) is 22.3 Å². The number of anilines is 1. The number of thioether (sulfide) groups is 1. The van der Waals surface area contributed by atoms with Crippen molar-refractivity contribution in [2.45, 2.75) is 30.6 Å². The molecule has 0 bridgehead atoms. The Morgan fingerprint density at radius 2 is 1.72 bits per heavy atom. The lowest BCUT2D eigenvalue weighted by Gasteiger charge is -2.36. The number of nitrogens with one attached hydrogen (secondary N) is 1. The molecule has 0 aliphatic carbocycles. The maximum absolute atomic E-state index is 13.8. The average Bonchev–Trinajstić information content (AvgIpc) is 3.80. The van der Waals surface area contributed by atoms with Crippen LogP contribution in [0.15, 0.2) is 76.7 Å². The molecule has 11 nitrogen and oxygen atoms in total. The smallest absolute Gasteiger partial charge is 0.262 e. The van der Waals surface area contributed by atoms with Gasteiger partial charge in [-0.3, -0.25) is 19.0 Å². The molecular formula is C34H35N5O6S. The maximum Gasteiger partial charge on any atom is 0.262 e. The summed E-state index contributed by atoms with van der Waals surface area (Å²) in [5, 5.41) is 3.75. The fraction of sp³-hybridized carbons (Fsp3) is 0.353. The van der Waals surface area contributed by atoms with E-state index in [9.17, 15) is 14.4 Å². The van der Waals surface area contributed by atoms with Gasteiger partial charge in [-0.25, -0.2) is 4.98 Å². The summed E-state index contributed by atoms with van der Waals surface area (Å²) < 4.78 is 18.2. The minimum atomic E-state index is -0.248. The van der Waals surface area contributed by atoms with Crippen LogP contribution in [0.2, 0.25) is 0 Å². The first-order valence-electron chi connectivity index (χ1n) is 15.6. The van der Waals surface area contributed by atoms with Crippen LogP contribution in [0, 0.1) is 0 Å². The van der Waals surface area contributed by atoms with E-state index in [-0.39, 0.29) is 42.6 Å². The Hall–Kier alpha value is -4.55. The Bertz CT molecular complexity index is 1780. The van der Waals surface area contributed by atoms with E-state index < -0.39 is 0 Å². The largest absolute Gasteiger partial charge is 0.454 e. The quantitative estimate of drug-likeness (QED) is 0.217. The van der Waals surface area contributed by atoms with Gasteiger partial charge < -0.3 is 29.3 Å². The molecule has 2 saturated heterocycles. The second kappa shape index (κ2) is 13.4. The summed E-state index contributed by atoms with van der Waals surface area (Å²) in [5.74, 6) is 0.966. The lowest BCUT2D eigenvalue weighted by atomic mass is 10.1. The van der Waals surface area contributed by atoms with Gasteiger partial charge in [0.15, 0.2) is 16.7 Å². The first-order chi connectivity index (χ1) is 22.5. The van der Waals surface area contributed by atoms with Gasteiger partial charge >= 0.3 is 0 Å². The third-order valence-electron chi connectivity index (χ3n) is 8.53. The molecule has 0 saturated carbocycles. The molecule has 3 aliphatic heterocycles. The van der Waals surface area contributed by atoms with E-state index in [1.165, 1.54) is 17.4 Å². The predicted molar refractivity (Wildman–Crippen MR) is 175 cm³/mol. The fourth-order valence-electron chi connectivity index (χ4n) is 5.98. The van der Waals surface area contributed by atoms with Gasteiger partial charge in [-0.05, 0) is 48.7 Å². The summed E-state index contributed by atoms with van der Waals surface area (Å²) in [5.41, 5.74) is 2.83. The molecule has 7 rings (SSSR count). The molecule has 2 fully saturated rings. The van der Waals surface area contributed by atoms with Crippen LogP contribution in [0.1, 0.15) is 28.8 Å². The molecule has 3 aliphatic rings. The second-order valence-corrected chi connectivity index (χ2v) is 12.5. The van der Waals surface area contributed by atoms with Crippen LogP contribution >= 0.6 is 11.8 Å². The van der Waals surface area contributed by atoms with E-state index in [1.54, 1.807) is 16.7 Å². The molecule has 0 spiro atoms. The van der Waals surface area contributed by atoms with Crippen molar-refractivity contribution in [3.8, 4) is 11.5 Å². The topological polar surface area (TPSA) is 115 Å². The molecule has 4 aromatic rings. The second-order valence-electron chi connectivity index (χ2n) is 11.5. The highest BCUT2D eigenvalue weighted by molar-refractivity contribution is 7.99. The SMILES string of the molecule is O=C(CSc1nc2cc3c(cc2c(=O)n1Cc1ccc(C(=O)N2CCN(c4ccccc4)CC2)cc1)OCO3)NC[C@@H]1CCCO1. The Morgan fingerprint density at radius 3 is 2.46 bits per heavy atom. The van der Waals surface area contributed by atoms with Crippen LogP contribution in [0.3, 0.4) is 0 Å². The van der Waals surface area contributed by atoms with Crippen molar-refractivity contribution in [3.05, 3.63) is 88.2 Å². The number of benzene rings is 3. The maximum atomic E-state index is 13.8. The first kappa shape index (κ1) is 30.1. The van der Waals surface area contributed by atoms with Gasteiger partial charge in [0.1, 0.15) is 0 Å². The zero-order valence-corrected chi connectivity index (χ0v) is 26.2. The molecule has 2 amide bonds. The predicted octanol–water partition coefficient (Wildman–Crippen LogP) is 3.52. The molecule has 238 valence electrons. The number of piperazine rings is 1. The number of amides is 2. The highest BCUT2D eigenvalue weighted by Crippen LogP contribution is 2.35. The van der Waals surface area contributed by atoms with Crippen LogP contribution in [0.5, 0.6) is 11.5 Å². The third kappa shape index (κ3) is 6.54. The zero-order valence-electron chi connectivity index (χ0n) is 25.4. The van der Waals surface area contributed by atoms with Crippen molar-refractivity contribution in [2.24, 2.45) is 0 Å². The number of carbonyl (C=O) groups is 2. The molecule has 3 aromatic carbocycles. The number of para-hydroxylation sites is 1. The lowest BCUT2D eigenvalue weighted by molar-refractivity contribution is -0.119. The zero-order chi connectivity index (χ0) is 31.5. The van der Waals surface area contributed by atoms with Crippen LogP contribution in [0.25, 0.3) is 10.9 Å². The fourth-order valence-corrected chi connectivity index (χ4v) is 6.81. The molecule has 4 heterocycles. The van der Waals surface area contributed by atoms with E-state index in [0.29, 0.717) is 52.8 Å². The van der Waals surface area contributed by atoms with Gasteiger partial charge in [0.2, 0.25) is 12.7 Å². The molecule has 1 aromatic heterocycles. The number of nitrogens with zero attached hydrogens (tertiary/aromatic N) is 4. The Morgan fingerprint density at radius 1 is 0.957 bits per heavy atom. The molecule has 0 unspecified atom stereocenters. The summed E-state index contributed by atoms with van der Waals surface area (Å²) in [7, 11) is 0. The molecule has 0 radical (unpaired) electrons. The summed E-state index contributed by atoms with van der Waals surface area (Å²) in [6, 6.07) is 20.9. The number of aromatic nitrogens is 2. The van der Waals surface area contributed by atoms with E-state index in [0.717, 1.165) is 38.1 Å². The van der Waals surface area contributed by atoms with Crippen molar-refractivity contribution < 1.29 is 23.8 Å².